The van der Waals surface area contributed by atoms with Crippen LogP contribution in [0.15, 0.2) is 42.5 Å². The predicted molar refractivity (Wildman–Crippen MR) is 90.5 cm³/mol. The number of benzene rings is 2. The number of nitrogens with zero attached hydrogens (tertiary/aromatic N) is 1. The van der Waals surface area contributed by atoms with Crippen LogP contribution in [-0.2, 0) is 16.1 Å². The van der Waals surface area contributed by atoms with Crippen molar-refractivity contribution in [3.63, 3.8) is 0 Å². The summed E-state index contributed by atoms with van der Waals surface area (Å²) in [5.41, 5.74) is 1.60. The van der Waals surface area contributed by atoms with E-state index in [4.69, 9.17) is 14.2 Å². The molecule has 0 aliphatic carbocycles. The van der Waals surface area contributed by atoms with Crippen molar-refractivity contribution in [3.8, 4) is 11.5 Å². The predicted octanol–water partition coefficient (Wildman–Crippen LogP) is 3.18. The van der Waals surface area contributed by atoms with Crippen LogP contribution in [0.3, 0.4) is 0 Å². The molecule has 1 aliphatic heterocycles. The fourth-order valence-electron chi connectivity index (χ4n) is 2.38. The van der Waals surface area contributed by atoms with Gasteiger partial charge < -0.3 is 19.5 Å². The molecule has 1 aliphatic rings. The summed E-state index contributed by atoms with van der Waals surface area (Å²) in [4.78, 5) is 16.4. The molecule has 2 heterocycles. The standard InChI is InChI=1S/C17H14N2O4S/c20-16(18-11-5-6-13-14(7-11)23-10-22-13)8-21-9-17-19-12-3-1-2-4-15(12)24-17/h1-7H,8-10H2,(H,18,20). The fraction of sp³-hybridized carbons (Fsp3) is 0.176. The lowest BCUT2D eigenvalue weighted by atomic mass is 10.3. The average molecular weight is 342 g/mol. The number of anilines is 1. The van der Waals surface area contributed by atoms with Gasteiger partial charge in [0, 0.05) is 11.8 Å². The molecule has 0 saturated heterocycles. The Morgan fingerprint density at radius 2 is 2.08 bits per heavy atom. The maximum Gasteiger partial charge on any atom is 0.250 e. The van der Waals surface area contributed by atoms with Crippen LogP contribution < -0.4 is 14.8 Å². The van der Waals surface area contributed by atoms with Crippen LogP contribution in [0.1, 0.15) is 5.01 Å². The zero-order chi connectivity index (χ0) is 16.4. The second-order valence-corrected chi connectivity index (χ2v) is 6.30. The van der Waals surface area contributed by atoms with Gasteiger partial charge in [0.1, 0.15) is 11.6 Å². The van der Waals surface area contributed by atoms with E-state index in [2.05, 4.69) is 10.3 Å². The van der Waals surface area contributed by atoms with Gasteiger partial charge >= 0.3 is 0 Å². The van der Waals surface area contributed by atoms with E-state index in [1.54, 1.807) is 29.5 Å². The Balaban J connectivity index is 1.30. The van der Waals surface area contributed by atoms with E-state index in [9.17, 15) is 4.79 Å². The van der Waals surface area contributed by atoms with Crippen molar-refractivity contribution < 1.29 is 19.0 Å². The SMILES string of the molecule is O=C(COCc1nc2ccccc2s1)Nc1ccc2c(c1)OCO2. The zero-order valence-corrected chi connectivity index (χ0v) is 13.5. The van der Waals surface area contributed by atoms with Crippen molar-refractivity contribution in [1.82, 2.24) is 4.98 Å². The van der Waals surface area contributed by atoms with Crippen LogP contribution in [0.25, 0.3) is 10.2 Å². The van der Waals surface area contributed by atoms with E-state index < -0.39 is 0 Å². The second-order valence-electron chi connectivity index (χ2n) is 5.18. The first-order valence-corrected chi connectivity index (χ1v) is 8.21. The first kappa shape index (κ1) is 14.9. The number of nitrogens with one attached hydrogen (secondary N) is 1. The number of hydrogen-bond donors (Lipinski definition) is 1. The molecule has 0 spiro atoms. The van der Waals surface area contributed by atoms with E-state index in [-0.39, 0.29) is 19.3 Å². The van der Waals surface area contributed by atoms with Gasteiger partial charge in [-0.05, 0) is 24.3 Å². The van der Waals surface area contributed by atoms with Gasteiger partial charge in [-0.1, -0.05) is 12.1 Å². The smallest absolute Gasteiger partial charge is 0.250 e. The third kappa shape index (κ3) is 3.17. The highest BCUT2D eigenvalue weighted by Gasteiger charge is 2.14. The maximum absolute atomic E-state index is 11.9. The number of hydrogen-bond acceptors (Lipinski definition) is 6. The highest BCUT2D eigenvalue weighted by molar-refractivity contribution is 7.18. The van der Waals surface area contributed by atoms with Crippen LogP contribution >= 0.6 is 11.3 Å². The van der Waals surface area contributed by atoms with Crippen molar-refractivity contribution in [1.29, 1.82) is 0 Å². The molecule has 0 unspecified atom stereocenters. The van der Waals surface area contributed by atoms with Gasteiger partial charge in [-0.2, -0.15) is 0 Å². The van der Waals surface area contributed by atoms with Gasteiger partial charge in [0.25, 0.3) is 0 Å². The van der Waals surface area contributed by atoms with Gasteiger partial charge in [0.05, 0.1) is 16.8 Å². The van der Waals surface area contributed by atoms with Crippen LogP contribution in [0, 0.1) is 0 Å². The number of thiazole rings is 1. The molecular weight excluding hydrogens is 328 g/mol. The summed E-state index contributed by atoms with van der Waals surface area (Å²) in [6.45, 7) is 0.482. The third-order valence-corrected chi connectivity index (χ3v) is 4.46. The van der Waals surface area contributed by atoms with Crippen molar-refractivity contribution in [2.75, 3.05) is 18.7 Å². The van der Waals surface area contributed by atoms with E-state index in [1.165, 1.54) is 0 Å². The first-order chi connectivity index (χ1) is 11.8. The Morgan fingerprint density at radius 1 is 1.21 bits per heavy atom. The molecule has 1 N–H and O–H groups in total. The van der Waals surface area contributed by atoms with E-state index in [0.717, 1.165) is 15.2 Å². The van der Waals surface area contributed by atoms with Crippen molar-refractivity contribution >= 4 is 33.1 Å². The number of ether oxygens (including phenoxy) is 3. The van der Waals surface area contributed by atoms with Crippen molar-refractivity contribution in [3.05, 3.63) is 47.5 Å². The first-order valence-electron chi connectivity index (χ1n) is 7.40. The average Bonchev–Trinajstić information content (AvgIpc) is 3.20. The molecule has 6 nitrogen and oxygen atoms in total. The molecule has 0 bridgehead atoms. The minimum absolute atomic E-state index is 0.0373. The largest absolute Gasteiger partial charge is 0.454 e. The molecule has 24 heavy (non-hydrogen) atoms. The number of carbonyl (C=O) groups is 1. The lowest BCUT2D eigenvalue weighted by Crippen LogP contribution is -2.18. The zero-order valence-electron chi connectivity index (χ0n) is 12.7. The minimum Gasteiger partial charge on any atom is -0.454 e. The number of para-hydroxylation sites is 1. The second kappa shape index (κ2) is 6.46. The van der Waals surface area contributed by atoms with Crippen molar-refractivity contribution in [2.24, 2.45) is 0 Å². The van der Waals surface area contributed by atoms with Gasteiger partial charge in [-0.25, -0.2) is 4.98 Å². The molecule has 122 valence electrons. The maximum atomic E-state index is 11.9. The third-order valence-electron chi connectivity index (χ3n) is 3.45. The molecule has 1 amide bonds. The molecule has 1 aromatic heterocycles. The van der Waals surface area contributed by atoms with Gasteiger partial charge in [-0.15, -0.1) is 11.3 Å². The molecule has 0 radical (unpaired) electrons. The quantitative estimate of drug-likeness (QED) is 0.771. The molecule has 0 saturated carbocycles. The van der Waals surface area contributed by atoms with Crippen LogP contribution in [0.2, 0.25) is 0 Å². The monoisotopic (exact) mass is 342 g/mol. The minimum atomic E-state index is -0.227. The highest BCUT2D eigenvalue weighted by Crippen LogP contribution is 2.34. The number of fused-ring (bicyclic) bond motifs is 2. The molecule has 4 rings (SSSR count). The Kier molecular flexibility index (Phi) is 4.02. The molecule has 0 fully saturated rings. The number of amides is 1. The van der Waals surface area contributed by atoms with E-state index in [1.807, 2.05) is 24.3 Å². The van der Waals surface area contributed by atoms with Gasteiger partial charge in [0.2, 0.25) is 12.7 Å². The van der Waals surface area contributed by atoms with Crippen LogP contribution in [-0.4, -0.2) is 24.3 Å². The van der Waals surface area contributed by atoms with E-state index >= 15 is 0 Å². The molecule has 3 aromatic rings. The molecule has 0 atom stereocenters. The number of aromatic nitrogens is 1. The summed E-state index contributed by atoms with van der Waals surface area (Å²) in [5.74, 6) is 1.08. The Hall–Kier alpha value is -2.64. The normalized spacial score (nSPS) is 12.5. The van der Waals surface area contributed by atoms with Crippen LogP contribution in [0.4, 0.5) is 5.69 Å². The van der Waals surface area contributed by atoms with Gasteiger partial charge in [-0.3, -0.25) is 4.79 Å². The van der Waals surface area contributed by atoms with Gasteiger partial charge in [0.15, 0.2) is 11.5 Å². The van der Waals surface area contributed by atoms with Crippen LogP contribution in [0.5, 0.6) is 11.5 Å². The lowest BCUT2D eigenvalue weighted by molar-refractivity contribution is -0.121. The number of carbonyl (C=O) groups excluding carboxylic acids is 1. The molecule has 2 aromatic carbocycles. The highest BCUT2D eigenvalue weighted by atomic mass is 32.1. The number of rotatable bonds is 5. The topological polar surface area (TPSA) is 69.7 Å². The summed E-state index contributed by atoms with van der Waals surface area (Å²) in [6.07, 6.45) is 0. The van der Waals surface area contributed by atoms with E-state index in [0.29, 0.717) is 23.8 Å². The Morgan fingerprint density at radius 3 is 3.00 bits per heavy atom. The summed E-state index contributed by atoms with van der Waals surface area (Å²) in [6, 6.07) is 13.2. The summed E-state index contributed by atoms with van der Waals surface area (Å²) < 4.78 is 17.1. The molecular formula is C17H14N2O4S. The van der Waals surface area contributed by atoms with Crippen molar-refractivity contribution in [2.45, 2.75) is 6.61 Å². The summed E-state index contributed by atoms with van der Waals surface area (Å²) in [7, 11) is 0. The Bertz CT molecular complexity index is 860. The Labute approximate surface area is 142 Å². The summed E-state index contributed by atoms with van der Waals surface area (Å²) >= 11 is 1.57. The summed E-state index contributed by atoms with van der Waals surface area (Å²) in [5, 5.41) is 3.62. The molecule has 7 heteroatoms. The fourth-order valence-corrected chi connectivity index (χ4v) is 3.29. The lowest BCUT2D eigenvalue weighted by Gasteiger charge is -2.06.